The summed E-state index contributed by atoms with van der Waals surface area (Å²) < 4.78 is 6.04. The van der Waals surface area contributed by atoms with Crippen molar-refractivity contribution in [3.63, 3.8) is 0 Å². The van der Waals surface area contributed by atoms with Gasteiger partial charge in [0.2, 0.25) is 0 Å². The second kappa shape index (κ2) is 11.1. The van der Waals surface area contributed by atoms with Crippen LogP contribution < -0.4 is 0 Å². The van der Waals surface area contributed by atoms with Gasteiger partial charge in [0, 0.05) is 49.3 Å². The number of allylic oxidation sites excluding steroid dienone is 3. The maximum absolute atomic E-state index is 9.37. The van der Waals surface area contributed by atoms with E-state index < -0.39 is 0 Å². The van der Waals surface area contributed by atoms with Crippen molar-refractivity contribution in [2.45, 2.75) is 0 Å². The van der Waals surface area contributed by atoms with Crippen LogP contribution >= 0.6 is 15.9 Å². The van der Waals surface area contributed by atoms with Gasteiger partial charge in [0.05, 0.1) is 13.4 Å². The molecule has 0 amide bonds. The highest BCUT2D eigenvalue weighted by molar-refractivity contribution is 9.11. The van der Waals surface area contributed by atoms with Crippen molar-refractivity contribution in [3.05, 3.63) is 71.7 Å². The minimum absolute atomic E-state index is 0.721. The fourth-order valence-corrected chi connectivity index (χ4v) is 2.75. The normalized spacial score (nSPS) is 18.3. The van der Waals surface area contributed by atoms with Crippen LogP contribution in [-0.2, 0) is 4.74 Å². The van der Waals surface area contributed by atoms with Crippen molar-refractivity contribution in [3.8, 4) is 0 Å². The Morgan fingerprint density at radius 2 is 1.67 bits per heavy atom. The number of halogens is 1. The van der Waals surface area contributed by atoms with Gasteiger partial charge in [0.25, 0.3) is 0 Å². The minimum atomic E-state index is 0.721. The van der Waals surface area contributed by atoms with E-state index in [2.05, 4.69) is 45.5 Å². The summed E-state index contributed by atoms with van der Waals surface area (Å²) in [7, 11) is 1.63. The molecule has 0 aliphatic carbocycles. The summed E-state index contributed by atoms with van der Waals surface area (Å²) in [5.41, 5.74) is 1.87. The minimum Gasteiger partial charge on any atom is -0.515 e. The molecule has 1 N–H and O–H groups in total. The van der Waals surface area contributed by atoms with Gasteiger partial charge in [0.15, 0.2) is 0 Å². The molecule has 1 heterocycles. The lowest BCUT2D eigenvalue weighted by Gasteiger charge is -2.34. The molecular formula is C19H27BrN2O2. The average molecular weight is 395 g/mol. The second-order valence-corrected chi connectivity index (χ2v) is 6.52. The van der Waals surface area contributed by atoms with E-state index in [0.717, 1.165) is 66.9 Å². The molecule has 0 atom stereocenters. The van der Waals surface area contributed by atoms with Crippen LogP contribution in [0, 0.1) is 0 Å². The molecule has 0 aromatic carbocycles. The zero-order chi connectivity index (χ0) is 17.9. The molecule has 1 fully saturated rings. The molecule has 0 aromatic heterocycles. The molecule has 5 heteroatoms. The molecule has 24 heavy (non-hydrogen) atoms. The third kappa shape index (κ3) is 7.34. The monoisotopic (exact) mass is 394 g/mol. The van der Waals surface area contributed by atoms with E-state index in [1.807, 2.05) is 12.2 Å². The van der Waals surface area contributed by atoms with Crippen LogP contribution in [-0.4, -0.2) is 61.3 Å². The Bertz CT molecular complexity index is 542. The molecule has 0 bridgehead atoms. The van der Waals surface area contributed by atoms with Gasteiger partial charge >= 0.3 is 0 Å². The molecule has 0 aromatic rings. The highest BCUT2D eigenvalue weighted by Gasteiger charge is 2.17. The Morgan fingerprint density at radius 3 is 2.12 bits per heavy atom. The summed E-state index contributed by atoms with van der Waals surface area (Å²) in [6, 6.07) is 0. The van der Waals surface area contributed by atoms with Crippen molar-refractivity contribution in [2.24, 2.45) is 0 Å². The Labute approximate surface area is 153 Å². The smallest absolute Gasteiger partial charge is 0.118 e. The highest BCUT2D eigenvalue weighted by Crippen LogP contribution is 2.13. The summed E-state index contributed by atoms with van der Waals surface area (Å²) >= 11 is 3.38. The summed E-state index contributed by atoms with van der Waals surface area (Å²) in [4.78, 5) is 4.69. The maximum Gasteiger partial charge on any atom is 0.118 e. The largest absolute Gasteiger partial charge is 0.515 e. The summed E-state index contributed by atoms with van der Waals surface area (Å²) in [6.45, 7) is 16.9. The van der Waals surface area contributed by atoms with Crippen LogP contribution in [0.4, 0.5) is 0 Å². The maximum atomic E-state index is 9.37. The van der Waals surface area contributed by atoms with E-state index in [4.69, 9.17) is 4.74 Å². The fourth-order valence-electron chi connectivity index (χ4n) is 2.46. The van der Waals surface area contributed by atoms with Crippen LogP contribution in [0.15, 0.2) is 71.7 Å². The first-order valence-corrected chi connectivity index (χ1v) is 8.65. The van der Waals surface area contributed by atoms with Crippen LogP contribution in [0.3, 0.4) is 0 Å². The lowest BCUT2D eigenvalue weighted by atomic mass is 10.2. The first kappa shape index (κ1) is 20.5. The van der Waals surface area contributed by atoms with Crippen molar-refractivity contribution in [1.82, 2.24) is 9.80 Å². The Hall–Kier alpha value is -1.56. The number of hydrogen-bond donors (Lipinski definition) is 1. The van der Waals surface area contributed by atoms with Gasteiger partial charge in [-0.25, -0.2) is 0 Å². The third-order valence-corrected chi connectivity index (χ3v) is 4.32. The van der Waals surface area contributed by atoms with E-state index in [1.54, 1.807) is 19.3 Å². The number of ether oxygens (including phenoxy) is 1. The number of hydrogen-bond acceptors (Lipinski definition) is 4. The molecule has 1 aliphatic rings. The molecule has 0 saturated carbocycles. The summed E-state index contributed by atoms with van der Waals surface area (Å²) in [5.74, 6) is 0.732. The lowest BCUT2D eigenvalue weighted by Crippen LogP contribution is -2.47. The molecule has 1 saturated heterocycles. The van der Waals surface area contributed by atoms with Gasteiger partial charge in [0.1, 0.15) is 5.76 Å². The first-order chi connectivity index (χ1) is 11.5. The number of methoxy groups -OCH3 is 1. The fraction of sp³-hybridized carbons (Fsp3) is 0.368. The molecule has 0 spiro atoms. The SMILES string of the molecule is C=C/C(Br)=C\C(=C\O)CN1CCN(CC(=C)/C=C(\C=C)OC)CC1. The van der Waals surface area contributed by atoms with Gasteiger partial charge in [-0.15, -0.1) is 0 Å². The van der Waals surface area contributed by atoms with Gasteiger partial charge in [-0.3, -0.25) is 9.80 Å². The molecule has 132 valence electrons. The highest BCUT2D eigenvalue weighted by atomic mass is 79.9. The number of aliphatic hydroxyl groups is 1. The lowest BCUT2D eigenvalue weighted by molar-refractivity contribution is 0.150. The van der Waals surface area contributed by atoms with E-state index in [0.29, 0.717) is 0 Å². The number of rotatable bonds is 9. The molecule has 0 radical (unpaired) electrons. The van der Waals surface area contributed by atoms with Crippen LogP contribution in [0.5, 0.6) is 0 Å². The van der Waals surface area contributed by atoms with E-state index in [9.17, 15) is 5.11 Å². The molecule has 1 aliphatic heterocycles. The van der Waals surface area contributed by atoms with Gasteiger partial charge in [-0.2, -0.15) is 0 Å². The Morgan fingerprint density at radius 1 is 1.08 bits per heavy atom. The Kier molecular flexibility index (Phi) is 9.45. The zero-order valence-corrected chi connectivity index (χ0v) is 16.0. The van der Waals surface area contributed by atoms with Crippen molar-refractivity contribution in [1.29, 1.82) is 0 Å². The van der Waals surface area contributed by atoms with Crippen molar-refractivity contribution >= 4 is 15.9 Å². The van der Waals surface area contributed by atoms with Gasteiger partial charge in [-0.1, -0.05) is 41.7 Å². The predicted octanol–water partition coefficient (Wildman–Crippen LogP) is 3.78. The molecule has 1 rings (SSSR count). The second-order valence-electron chi connectivity index (χ2n) is 5.60. The van der Waals surface area contributed by atoms with Gasteiger partial charge in [-0.05, 0) is 23.8 Å². The molecule has 0 unspecified atom stereocenters. The quantitative estimate of drug-likeness (QED) is 0.476. The first-order valence-electron chi connectivity index (χ1n) is 7.85. The molecular weight excluding hydrogens is 368 g/mol. The number of aliphatic hydroxyl groups excluding tert-OH is 1. The average Bonchev–Trinajstić information content (AvgIpc) is 2.60. The van der Waals surface area contributed by atoms with E-state index >= 15 is 0 Å². The van der Waals surface area contributed by atoms with Crippen molar-refractivity contribution < 1.29 is 9.84 Å². The topological polar surface area (TPSA) is 35.9 Å². The van der Waals surface area contributed by atoms with Crippen LogP contribution in [0.1, 0.15) is 0 Å². The summed E-state index contributed by atoms with van der Waals surface area (Å²) in [6.07, 6.45) is 8.35. The Balaban J connectivity index is 2.46. The van der Waals surface area contributed by atoms with E-state index in [-0.39, 0.29) is 0 Å². The van der Waals surface area contributed by atoms with E-state index in [1.165, 1.54) is 0 Å². The van der Waals surface area contributed by atoms with Crippen molar-refractivity contribution in [2.75, 3.05) is 46.4 Å². The van der Waals surface area contributed by atoms with Crippen LogP contribution in [0.25, 0.3) is 0 Å². The number of piperazine rings is 1. The third-order valence-electron chi connectivity index (χ3n) is 3.77. The predicted molar refractivity (Wildman–Crippen MR) is 105 cm³/mol. The van der Waals surface area contributed by atoms with Crippen LogP contribution in [0.2, 0.25) is 0 Å². The zero-order valence-electron chi connectivity index (χ0n) is 14.4. The van der Waals surface area contributed by atoms with Gasteiger partial charge < -0.3 is 9.84 Å². The standard InChI is InChI=1S/C19H27BrN2O2/c1-5-18(20)12-17(15-23)14-22-9-7-21(8-10-22)13-16(3)11-19(6-2)24-4/h5-6,11-12,15,23H,1-3,7-10,13-14H2,4H3/b17-15-,18-12+,19-11+. The number of nitrogens with zero attached hydrogens (tertiary/aromatic N) is 2. The summed E-state index contributed by atoms with van der Waals surface area (Å²) in [5, 5.41) is 9.37. The molecule has 4 nitrogen and oxygen atoms in total.